The molecular formula is C26H21ClN6O3. The fourth-order valence-corrected chi connectivity index (χ4v) is 4.09. The number of nitrogens with zero attached hydrogens (tertiary/aromatic N) is 6. The van der Waals surface area contributed by atoms with Gasteiger partial charge in [-0.2, -0.15) is 0 Å². The molecule has 3 aromatic heterocycles. The number of unbranched alkanes of at least 4 members (excludes halogenated alkanes) is 1. The quantitative estimate of drug-likeness (QED) is 0.312. The lowest BCUT2D eigenvalue weighted by Gasteiger charge is -2.14. The lowest BCUT2D eigenvalue weighted by Crippen LogP contribution is -2.24. The van der Waals surface area contributed by atoms with E-state index in [1.165, 1.54) is 0 Å². The summed E-state index contributed by atoms with van der Waals surface area (Å²) < 4.78 is 3.18. The Bertz CT molecular complexity index is 1600. The number of halogens is 1. The highest BCUT2D eigenvalue weighted by Gasteiger charge is 2.15. The molecular weight excluding hydrogens is 480 g/mol. The number of pyridine rings is 1. The van der Waals surface area contributed by atoms with Gasteiger partial charge in [-0.05, 0) is 67.4 Å². The normalized spacial score (nSPS) is 11.1. The summed E-state index contributed by atoms with van der Waals surface area (Å²) in [6, 6.07) is 17.8. The van der Waals surface area contributed by atoms with Gasteiger partial charge >= 0.3 is 5.97 Å². The van der Waals surface area contributed by atoms with Crippen LogP contribution in [0.15, 0.2) is 77.9 Å². The molecule has 0 unspecified atom stereocenters. The van der Waals surface area contributed by atoms with Crippen LogP contribution < -0.4 is 5.56 Å². The average Bonchev–Trinajstić information content (AvgIpc) is 3.38. The van der Waals surface area contributed by atoms with Gasteiger partial charge in [-0.25, -0.2) is 9.67 Å². The maximum absolute atomic E-state index is 13.6. The lowest BCUT2D eigenvalue weighted by atomic mass is 10.1. The summed E-state index contributed by atoms with van der Waals surface area (Å²) in [5.41, 5.74) is 2.98. The van der Waals surface area contributed by atoms with Gasteiger partial charge in [-0.1, -0.05) is 22.9 Å². The van der Waals surface area contributed by atoms with Gasteiger partial charge < -0.3 is 5.11 Å². The number of rotatable bonds is 8. The Balaban J connectivity index is 1.56. The second-order valence-corrected chi connectivity index (χ2v) is 8.65. The largest absolute Gasteiger partial charge is 0.481 e. The van der Waals surface area contributed by atoms with Gasteiger partial charge in [0.25, 0.3) is 5.56 Å². The van der Waals surface area contributed by atoms with Crippen LogP contribution >= 0.6 is 11.6 Å². The van der Waals surface area contributed by atoms with Crippen LogP contribution in [-0.4, -0.2) is 40.6 Å². The minimum atomic E-state index is -0.848. The van der Waals surface area contributed by atoms with E-state index in [-0.39, 0.29) is 12.0 Å². The molecule has 0 spiro atoms. The summed E-state index contributed by atoms with van der Waals surface area (Å²) in [5.74, 6) is -0.302. The van der Waals surface area contributed by atoms with Crippen molar-refractivity contribution in [1.82, 2.24) is 29.5 Å². The Labute approximate surface area is 210 Å². The highest BCUT2D eigenvalue weighted by molar-refractivity contribution is 6.30. The molecule has 10 heteroatoms. The molecule has 5 aromatic rings. The second-order valence-electron chi connectivity index (χ2n) is 8.21. The third-order valence-corrected chi connectivity index (χ3v) is 5.99. The topological polar surface area (TPSA) is 116 Å². The van der Waals surface area contributed by atoms with E-state index in [1.807, 2.05) is 18.2 Å². The van der Waals surface area contributed by atoms with Gasteiger partial charge in [-0.15, -0.1) is 5.10 Å². The fourth-order valence-electron chi connectivity index (χ4n) is 3.97. The van der Waals surface area contributed by atoms with Crippen LogP contribution in [0.3, 0.4) is 0 Å². The number of hydrogen-bond donors (Lipinski definition) is 1. The van der Waals surface area contributed by atoms with Crippen LogP contribution in [0, 0.1) is 0 Å². The Hall–Kier alpha value is -4.37. The Morgan fingerprint density at radius 2 is 1.78 bits per heavy atom. The molecule has 5 rings (SSSR count). The van der Waals surface area contributed by atoms with Crippen molar-refractivity contribution in [3.05, 3.63) is 94.3 Å². The minimum absolute atomic E-state index is 0.0633. The van der Waals surface area contributed by atoms with Crippen molar-refractivity contribution in [1.29, 1.82) is 0 Å². The fraction of sp³-hybridized carbons (Fsp3) is 0.154. The van der Waals surface area contributed by atoms with E-state index in [9.17, 15) is 9.59 Å². The van der Waals surface area contributed by atoms with Crippen LogP contribution in [0.4, 0.5) is 0 Å². The average molecular weight is 501 g/mol. The molecule has 36 heavy (non-hydrogen) atoms. The maximum Gasteiger partial charge on any atom is 0.303 e. The molecule has 3 heterocycles. The third kappa shape index (κ3) is 4.87. The smallest absolute Gasteiger partial charge is 0.303 e. The first-order valence-corrected chi connectivity index (χ1v) is 11.7. The van der Waals surface area contributed by atoms with Crippen molar-refractivity contribution < 1.29 is 9.90 Å². The SMILES string of the molecule is O=C(O)CCCCc1nc2cc(-n3cc(-c4ccccn4)nn3)ccc2c(=O)n1-c1ccc(Cl)cc1. The van der Waals surface area contributed by atoms with Crippen molar-refractivity contribution in [2.24, 2.45) is 0 Å². The van der Waals surface area contributed by atoms with Crippen LogP contribution in [0.1, 0.15) is 25.1 Å². The van der Waals surface area contributed by atoms with Gasteiger partial charge in [-0.3, -0.25) is 19.1 Å². The monoisotopic (exact) mass is 500 g/mol. The van der Waals surface area contributed by atoms with E-state index < -0.39 is 5.97 Å². The summed E-state index contributed by atoms with van der Waals surface area (Å²) in [6.45, 7) is 0. The highest BCUT2D eigenvalue weighted by atomic mass is 35.5. The van der Waals surface area contributed by atoms with E-state index in [2.05, 4.69) is 15.3 Å². The Morgan fingerprint density at radius 3 is 2.53 bits per heavy atom. The summed E-state index contributed by atoms with van der Waals surface area (Å²) in [7, 11) is 0. The van der Waals surface area contributed by atoms with Crippen molar-refractivity contribution in [3.8, 4) is 22.8 Å². The molecule has 180 valence electrons. The number of benzene rings is 2. The molecule has 0 fully saturated rings. The van der Waals surface area contributed by atoms with Crippen molar-refractivity contribution in [2.45, 2.75) is 25.7 Å². The number of aryl methyl sites for hydroxylation is 1. The first-order valence-electron chi connectivity index (χ1n) is 11.4. The number of aliphatic carboxylic acids is 1. The van der Waals surface area contributed by atoms with Gasteiger partial charge in [0, 0.05) is 24.1 Å². The molecule has 0 aliphatic heterocycles. The third-order valence-electron chi connectivity index (χ3n) is 5.73. The summed E-state index contributed by atoms with van der Waals surface area (Å²) in [6.07, 6.45) is 5.03. The zero-order chi connectivity index (χ0) is 25.1. The number of carboxylic acids is 1. The van der Waals surface area contributed by atoms with Crippen LogP contribution in [0.2, 0.25) is 5.02 Å². The molecule has 9 nitrogen and oxygen atoms in total. The van der Waals surface area contributed by atoms with Gasteiger partial charge in [0.05, 0.1) is 34.2 Å². The van der Waals surface area contributed by atoms with E-state index in [1.54, 1.807) is 64.1 Å². The zero-order valence-electron chi connectivity index (χ0n) is 19.1. The summed E-state index contributed by atoms with van der Waals surface area (Å²) in [4.78, 5) is 33.6. The van der Waals surface area contributed by atoms with Crippen LogP contribution in [0.25, 0.3) is 33.7 Å². The van der Waals surface area contributed by atoms with Crippen LogP contribution in [0.5, 0.6) is 0 Å². The van der Waals surface area contributed by atoms with Crippen molar-refractivity contribution >= 4 is 28.5 Å². The van der Waals surface area contributed by atoms with E-state index in [0.717, 1.165) is 0 Å². The molecule has 0 aliphatic rings. The number of carbonyl (C=O) groups is 1. The predicted molar refractivity (Wildman–Crippen MR) is 136 cm³/mol. The van der Waals surface area contributed by atoms with E-state index in [4.69, 9.17) is 21.7 Å². The van der Waals surface area contributed by atoms with Crippen molar-refractivity contribution in [3.63, 3.8) is 0 Å². The summed E-state index contributed by atoms with van der Waals surface area (Å²) in [5, 5.41) is 18.4. The molecule has 0 atom stereocenters. The molecule has 0 aliphatic carbocycles. The van der Waals surface area contributed by atoms with Gasteiger partial charge in [0.2, 0.25) is 0 Å². The van der Waals surface area contributed by atoms with E-state index in [0.29, 0.717) is 63.8 Å². The predicted octanol–water partition coefficient (Wildman–Crippen LogP) is 4.48. The number of aromatic nitrogens is 6. The molecule has 0 radical (unpaired) electrons. The minimum Gasteiger partial charge on any atom is -0.481 e. The molecule has 1 N–H and O–H groups in total. The Morgan fingerprint density at radius 1 is 0.972 bits per heavy atom. The molecule has 0 amide bonds. The molecule has 0 bridgehead atoms. The standard InChI is InChI=1S/C26H21ClN6O3/c27-17-8-10-18(11-9-17)33-24(6-1-2-7-25(34)35)29-22-15-19(12-13-20(22)26(33)36)32-16-23(30-31-32)21-5-3-4-14-28-21/h3-5,8-16H,1-2,6-7H2,(H,34,35). The first-order chi connectivity index (χ1) is 17.5. The highest BCUT2D eigenvalue weighted by Crippen LogP contribution is 2.21. The summed E-state index contributed by atoms with van der Waals surface area (Å²) >= 11 is 6.05. The van der Waals surface area contributed by atoms with Gasteiger partial charge in [0.1, 0.15) is 11.5 Å². The number of hydrogen-bond acceptors (Lipinski definition) is 6. The molecule has 0 saturated heterocycles. The van der Waals surface area contributed by atoms with Crippen LogP contribution in [-0.2, 0) is 11.2 Å². The lowest BCUT2D eigenvalue weighted by molar-refractivity contribution is -0.137. The van der Waals surface area contributed by atoms with Gasteiger partial charge in [0.15, 0.2) is 0 Å². The number of fused-ring (bicyclic) bond motifs is 1. The maximum atomic E-state index is 13.6. The number of carboxylic acid groups (broad SMARTS) is 1. The first kappa shape index (κ1) is 23.4. The second kappa shape index (κ2) is 10.1. The molecule has 0 saturated carbocycles. The van der Waals surface area contributed by atoms with Crippen molar-refractivity contribution in [2.75, 3.05) is 0 Å². The van der Waals surface area contributed by atoms with E-state index >= 15 is 0 Å². The zero-order valence-corrected chi connectivity index (χ0v) is 19.8. The molecule has 2 aromatic carbocycles. The Kier molecular flexibility index (Phi) is 6.55.